The number of para-hydroxylation sites is 1. The molecule has 1 fully saturated rings. The lowest BCUT2D eigenvalue weighted by Crippen LogP contribution is -2.53. The number of fused-ring (bicyclic) bond motifs is 1. The smallest absolute Gasteiger partial charge is 0.250 e. The molecule has 4 heteroatoms. The maximum Gasteiger partial charge on any atom is 0.250 e. The lowest BCUT2D eigenvalue weighted by Gasteiger charge is -2.41. The van der Waals surface area contributed by atoms with Crippen LogP contribution in [0.1, 0.15) is 32.1 Å². The van der Waals surface area contributed by atoms with E-state index in [-0.39, 0.29) is 11.7 Å². The molecule has 1 heterocycles. The maximum atomic E-state index is 13.7. The first-order valence-corrected chi connectivity index (χ1v) is 6.09. The third kappa shape index (κ3) is 1.59. The second-order valence-electron chi connectivity index (χ2n) is 4.88. The number of amides is 1. The van der Waals surface area contributed by atoms with Crippen molar-refractivity contribution in [2.75, 3.05) is 10.6 Å². The van der Waals surface area contributed by atoms with Crippen LogP contribution in [0.15, 0.2) is 18.2 Å². The Balaban J connectivity index is 2.01. The molecule has 3 rings (SSSR count). The maximum absolute atomic E-state index is 13.7. The topological polar surface area (TPSA) is 41.1 Å². The van der Waals surface area contributed by atoms with Crippen molar-refractivity contribution in [3.05, 3.63) is 24.0 Å². The quantitative estimate of drug-likeness (QED) is 0.724. The molecule has 0 aromatic heterocycles. The summed E-state index contributed by atoms with van der Waals surface area (Å²) in [5, 5.41) is 5.96. The van der Waals surface area contributed by atoms with Gasteiger partial charge in [-0.1, -0.05) is 25.3 Å². The molecule has 17 heavy (non-hydrogen) atoms. The Hall–Kier alpha value is -1.58. The van der Waals surface area contributed by atoms with Crippen molar-refractivity contribution in [1.29, 1.82) is 0 Å². The lowest BCUT2D eigenvalue weighted by molar-refractivity contribution is -0.121. The van der Waals surface area contributed by atoms with Crippen molar-refractivity contribution in [2.24, 2.45) is 0 Å². The largest absolute Gasteiger partial charge is 0.367 e. The zero-order valence-corrected chi connectivity index (χ0v) is 9.55. The number of carbonyl (C=O) groups is 1. The summed E-state index contributed by atoms with van der Waals surface area (Å²) in [6.07, 6.45) is 4.76. The Morgan fingerprint density at radius 3 is 2.71 bits per heavy atom. The van der Waals surface area contributed by atoms with Crippen LogP contribution in [0.3, 0.4) is 0 Å². The van der Waals surface area contributed by atoms with Gasteiger partial charge in [-0.3, -0.25) is 4.79 Å². The molecule has 1 aromatic rings. The van der Waals surface area contributed by atoms with Crippen molar-refractivity contribution >= 4 is 17.3 Å². The van der Waals surface area contributed by atoms with Gasteiger partial charge in [0.2, 0.25) is 5.91 Å². The molecule has 2 N–H and O–H groups in total. The molecule has 2 aliphatic rings. The van der Waals surface area contributed by atoms with Gasteiger partial charge in [-0.25, -0.2) is 4.39 Å². The molecule has 0 unspecified atom stereocenters. The number of anilines is 2. The predicted molar refractivity (Wildman–Crippen MR) is 64.5 cm³/mol. The van der Waals surface area contributed by atoms with Gasteiger partial charge in [0.25, 0.3) is 0 Å². The van der Waals surface area contributed by atoms with Crippen molar-refractivity contribution < 1.29 is 9.18 Å². The molecule has 1 amide bonds. The number of benzene rings is 1. The molecule has 0 bridgehead atoms. The standard InChI is InChI=1S/C13H15FN2O/c14-9-5-4-6-10-11(9)16-13(12(17)15-10)7-2-1-3-8-13/h4-6,16H,1-3,7-8H2,(H,15,17). The van der Waals surface area contributed by atoms with E-state index in [9.17, 15) is 9.18 Å². The summed E-state index contributed by atoms with van der Waals surface area (Å²) in [6.45, 7) is 0. The average molecular weight is 234 g/mol. The van der Waals surface area contributed by atoms with Gasteiger partial charge >= 0.3 is 0 Å². The van der Waals surface area contributed by atoms with Crippen molar-refractivity contribution in [1.82, 2.24) is 0 Å². The van der Waals surface area contributed by atoms with Gasteiger partial charge < -0.3 is 10.6 Å². The Kier molecular flexibility index (Phi) is 2.31. The number of hydrogen-bond donors (Lipinski definition) is 2. The summed E-state index contributed by atoms with van der Waals surface area (Å²) in [5.41, 5.74) is 0.396. The number of nitrogens with one attached hydrogen (secondary N) is 2. The summed E-state index contributed by atoms with van der Waals surface area (Å²) >= 11 is 0. The van der Waals surface area contributed by atoms with Crippen LogP contribution in [0.5, 0.6) is 0 Å². The highest BCUT2D eigenvalue weighted by atomic mass is 19.1. The second kappa shape index (κ2) is 3.72. The second-order valence-corrected chi connectivity index (χ2v) is 4.88. The third-order valence-electron chi connectivity index (χ3n) is 3.77. The van der Waals surface area contributed by atoms with E-state index in [0.717, 1.165) is 32.1 Å². The summed E-state index contributed by atoms with van der Waals surface area (Å²) in [7, 11) is 0. The summed E-state index contributed by atoms with van der Waals surface area (Å²) in [5.74, 6) is -0.317. The molecule has 1 aliphatic heterocycles. The Morgan fingerprint density at radius 2 is 1.94 bits per heavy atom. The first kappa shape index (κ1) is 10.6. The number of hydrogen-bond acceptors (Lipinski definition) is 2. The summed E-state index contributed by atoms with van der Waals surface area (Å²) in [4.78, 5) is 12.1. The van der Waals surface area contributed by atoms with Crippen LogP contribution in [-0.4, -0.2) is 11.4 Å². The first-order chi connectivity index (χ1) is 8.21. The number of halogens is 1. The molecule has 1 aliphatic carbocycles. The van der Waals surface area contributed by atoms with E-state index >= 15 is 0 Å². The molecular weight excluding hydrogens is 219 g/mol. The average Bonchev–Trinajstić information content (AvgIpc) is 2.34. The molecule has 0 atom stereocenters. The first-order valence-electron chi connectivity index (χ1n) is 6.09. The van der Waals surface area contributed by atoms with Crippen LogP contribution in [0.2, 0.25) is 0 Å². The third-order valence-corrected chi connectivity index (χ3v) is 3.77. The minimum atomic E-state index is -0.590. The van der Waals surface area contributed by atoms with Gasteiger partial charge in [-0.15, -0.1) is 0 Å². The van der Waals surface area contributed by atoms with Gasteiger partial charge in [-0.2, -0.15) is 0 Å². The molecule has 1 aromatic carbocycles. The van der Waals surface area contributed by atoms with E-state index in [4.69, 9.17) is 0 Å². The minimum Gasteiger partial charge on any atom is -0.367 e. The van der Waals surface area contributed by atoms with Gasteiger partial charge in [-0.05, 0) is 25.0 Å². The van der Waals surface area contributed by atoms with E-state index in [2.05, 4.69) is 10.6 Å². The van der Waals surface area contributed by atoms with Crippen LogP contribution >= 0.6 is 0 Å². The van der Waals surface area contributed by atoms with E-state index in [1.165, 1.54) is 6.07 Å². The lowest BCUT2D eigenvalue weighted by atomic mass is 9.79. The number of carbonyl (C=O) groups excluding carboxylic acids is 1. The fourth-order valence-corrected chi connectivity index (χ4v) is 2.80. The fourth-order valence-electron chi connectivity index (χ4n) is 2.80. The van der Waals surface area contributed by atoms with Gasteiger partial charge in [0.1, 0.15) is 11.4 Å². The van der Waals surface area contributed by atoms with E-state index < -0.39 is 5.54 Å². The Morgan fingerprint density at radius 1 is 1.18 bits per heavy atom. The highest BCUT2D eigenvalue weighted by molar-refractivity contribution is 6.06. The highest BCUT2D eigenvalue weighted by Crippen LogP contribution is 2.39. The van der Waals surface area contributed by atoms with Crippen LogP contribution < -0.4 is 10.6 Å². The summed E-state index contributed by atoms with van der Waals surface area (Å²) < 4.78 is 13.7. The molecule has 90 valence electrons. The zero-order valence-electron chi connectivity index (χ0n) is 9.55. The molecule has 1 spiro atoms. The van der Waals surface area contributed by atoms with Gasteiger partial charge in [0.05, 0.1) is 11.4 Å². The SMILES string of the molecule is O=C1Nc2cccc(F)c2NC12CCCCC2. The minimum absolute atomic E-state index is 0.0182. The van der Waals surface area contributed by atoms with Crippen molar-refractivity contribution in [3.63, 3.8) is 0 Å². The predicted octanol–water partition coefficient (Wildman–Crippen LogP) is 2.89. The molecule has 0 saturated heterocycles. The van der Waals surface area contributed by atoms with Crippen LogP contribution in [0, 0.1) is 5.82 Å². The fraction of sp³-hybridized carbons (Fsp3) is 0.462. The van der Waals surface area contributed by atoms with E-state index in [1.54, 1.807) is 12.1 Å². The van der Waals surface area contributed by atoms with Crippen molar-refractivity contribution in [2.45, 2.75) is 37.6 Å². The van der Waals surface area contributed by atoms with Gasteiger partial charge in [0, 0.05) is 0 Å². The Bertz CT molecular complexity index is 466. The normalized spacial score (nSPS) is 21.6. The highest BCUT2D eigenvalue weighted by Gasteiger charge is 2.43. The molecule has 0 radical (unpaired) electrons. The van der Waals surface area contributed by atoms with Gasteiger partial charge in [0.15, 0.2) is 0 Å². The molecule has 1 saturated carbocycles. The molecule has 3 nitrogen and oxygen atoms in total. The monoisotopic (exact) mass is 234 g/mol. The summed E-state index contributed by atoms with van der Waals surface area (Å²) in [6, 6.07) is 4.74. The Labute approximate surface area is 99.4 Å². The van der Waals surface area contributed by atoms with Crippen LogP contribution in [-0.2, 0) is 4.79 Å². The van der Waals surface area contributed by atoms with Crippen LogP contribution in [0.25, 0.3) is 0 Å². The molecular formula is C13H15FN2O. The van der Waals surface area contributed by atoms with Crippen LogP contribution in [0.4, 0.5) is 15.8 Å². The van der Waals surface area contributed by atoms with E-state index in [1.807, 2.05) is 0 Å². The van der Waals surface area contributed by atoms with E-state index in [0.29, 0.717) is 11.4 Å². The van der Waals surface area contributed by atoms with Crippen molar-refractivity contribution in [3.8, 4) is 0 Å². The number of rotatable bonds is 0. The zero-order chi connectivity index (χ0) is 11.9.